The highest BCUT2D eigenvalue weighted by Gasteiger charge is 2.42. The zero-order valence-corrected chi connectivity index (χ0v) is 18.4. The Kier molecular flexibility index (Phi) is 12.8. The second-order valence-electron chi connectivity index (χ2n) is 8.26. The molecule has 0 aromatic carbocycles. The molecule has 0 spiro atoms. The zero-order chi connectivity index (χ0) is 19.3. The molecule has 3 nitrogen and oxygen atoms in total. The molecule has 3 unspecified atom stereocenters. The SMILES string of the molecule is CCCCCCCC(CC1CO1)C(CCC)C(C)(OCCC)OCCC. The Bertz CT molecular complexity index is 319. The number of ether oxygens (including phenoxy) is 3. The standard InChI is InChI=1S/C23H46O3/c1-6-10-11-12-13-15-20(18-21-19-24-21)22(14-7-2)23(5,25-16-8-3)26-17-9-4/h20-22H,6-19H2,1-5H3. The molecule has 3 atom stereocenters. The number of hydrogen-bond donors (Lipinski definition) is 0. The third-order valence-electron chi connectivity index (χ3n) is 5.67. The maximum Gasteiger partial charge on any atom is 0.168 e. The molecule has 26 heavy (non-hydrogen) atoms. The van der Waals surface area contributed by atoms with Crippen LogP contribution in [0.3, 0.4) is 0 Å². The molecule has 1 aliphatic heterocycles. The minimum atomic E-state index is -0.453. The first-order valence-corrected chi connectivity index (χ1v) is 11.5. The summed E-state index contributed by atoms with van der Waals surface area (Å²) in [6.45, 7) is 13.7. The van der Waals surface area contributed by atoms with Gasteiger partial charge in [-0.1, -0.05) is 66.2 Å². The van der Waals surface area contributed by atoms with Gasteiger partial charge in [-0.15, -0.1) is 0 Å². The first kappa shape index (κ1) is 23.9. The van der Waals surface area contributed by atoms with Crippen molar-refractivity contribution in [1.82, 2.24) is 0 Å². The summed E-state index contributed by atoms with van der Waals surface area (Å²) >= 11 is 0. The van der Waals surface area contributed by atoms with Gasteiger partial charge >= 0.3 is 0 Å². The van der Waals surface area contributed by atoms with Crippen molar-refractivity contribution in [1.29, 1.82) is 0 Å². The molecule has 0 N–H and O–H groups in total. The van der Waals surface area contributed by atoms with Crippen molar-refractivity contribution in [3.63, 3.8) is 0 Å². The van der Waals surface area contributed by atoms with E-state index in [0.29, 0.717) is 17.9 Å². The van der Waals surface area contributed by atoms with Gasteiger partial charge in [0, 0.05) is 19.1 Å². The summed E-state index contributed by atoms with van der Waals surface area (Å²) in [5.74, 6) is 0.647. The van der Waals surface area contributed by atoms with Gasteiger partial charge in [-0.2, -0.15) is 0 Å². The lowest BCUT2D eigenvalue weighted by Crippen LogP contribution is -2.45. The van der Waals surface area contributed by atoms with Crippen LogP contribution in [0.1, 0.15) is 105 Å². The summed E-state index contributed by atoms with van der Waals surface area (Å²) in [6.07, 6.45) is 14.1. The van der Waals surface area contributed by atoms with Crippen molar-refractivity contribution in [3.8, 4) is 0 Å². The molecule has 0 bridgehead atoms. The lowest BCUT2D eigenvalue weighted by atomic mass is 9.77. The maximum absolute atomic E-state index is 6.36. The molecular formula is C23H46O3. The minimum absolute atomic E-state index is 0.453. The maximum atomic E-state index is 6.36. The third-order valence-corrected chi connectivity index (χ3v) is 5.67. The van der Waals surface area contributed by atoms with Crippen molar-refractivity contribution >= 4 is 0 Å². The van der Waals surface area contributed by atoms with Crippen LogP contribution in [0.4, 0.5) is 0 Å². The highest BCUT2D eigenvalue weighted by molar-refractivity contribution is 4.86. The minimum Gasteiger partial charge on any atom is -0.373 e. The number of unbranched alkanes of at least 4 members (excludes halogenated alkanes) is 4. The first-order valence-electron chi connectivity index (χ1n) is 11.5. The van der Waals surface area contributed by atoms with Gasteiger partial charge in [0.15, 0.2) is 5.79 Å². The quantitative estimate of drug-likeness (QED) is 0.152. The Hall–Kier alpha value is -0.120. The van der Waals surface area contributed by atoms with Crippen LogP contribution in [0.25, 0.3) is 0 Å². The highest BCUT2D eigenvalue weighted by atomic mass is 16.7. The summed E-state index contributed by atoms with van der Waals surface area (Å²) in [5, 5.41) is 0. The molecule has 0 amide bonds. The van der Waals surface area contributed by atoms with Crippen molar-refractivity contribution in [2.75, 3.05) is 19.8 Å². The van der Waals surface area contributed by atoms with E-state index in [1.54, 1.807) is 0 Å². The van der Waals surface area contributed by atoms with E-state index in [2.05, 4.69) is 34.6 Å². The van der Waals surface area contributed by atoms with Crippen LogP contribution >= 0.6 is 0 Å². The number of epoxide rings is 1. The fourth-order valence-corrected chi connectivity index (χ4v) is 4.14. The first-order chi connectivity index (χ1) is 12.6. The van der Waals surface area contributed by atoms with Crippen LogP contribution in [0.5, 0.6) is 0 Å². The Balaban J connectivity index is 2.79. The van der Waals surface area contributed by atoms with Crippen LogP contribution in [0.2, 0.25) is 0 Å². The average Bonchev–Trinajstić information content (AvgIpc) is 3.46. The van der Waals surface area contributed by atoms with Gasteiger partial charge in [0.2, 0.25) is 0 Å². The Morgan fingerprint density at radius 3 is 1.96 bits per heavy atom. The molecule has 3 heteroatoms. The average molecular weight is 371 g/mol. The Morgan fingerprint density at radius 1 is 0.846 bits per heavy atom. The van der Waals surface area contributed by atoms with Gasteiger partial charge in [-0.05, 0) is 44.9 Å². The molecule has 1 fully saturated rings. The molecule has 156 valence electrons. The third kappa shape index (κ3) is 9.19. The summed E-state index contributed by atoms with van der Waals surface area (Å²) in [5.41, 5.74) is 0. The zero-order valence-electron chi connectivity index (χ0n) is 18.4. The lowest BCUT2D eigenvalue weighted by molar-refractivity contribution is -0.267. The second-order valence-corrected chi connectivity index (χ2v) is 8.26. The van der Waals surface area contributed by atoms with Gasteiger partial charge < -0.3 is 14.2 Å². The van der Waals surface area contributed by atoms with Gasteiger partial charge in [0.25, 0.3) is 0 Å². The van der Waals surface area contributed by atoms with Crippen LogP contribution in [-0.2, 0) is 14.2 Å². The van der Waals surface area contributed by atoms with Gasteiger partial charge in [0.1, 0.15) is 0 Å². The van der Waals surface area contributed by atoms with E-state index in [9.17, 15) is 0 Å². The summed E-state index contributed by atoms with van der Waals surface area (Å²) in [4.78, 5) is 0. The second kappa shape index (κ2) is 14.0. The van der Waals surface area contributed by atoms with Crippen molar-refractivity contribution in [2.45, 2.75) is 117 Å². The predicted molar refractivity (Wildman–Crippen MR) is 111 cm³/mol. The molecular weight excluding hydrogens is 324 g/mol. The smallest absolute Gasteiger partial charge is 0.168 e. The molecule has 0 aromatic heterocycles. The van der Waals surface area contributed by atoms with Gasteiger partial charge in [-0.3, -0.25) is 0 Å². The van der Waals surface area contributed by atoms with E-state index in [4.69, 9.17) is 14.2 Å². The van der Waals surface area contributed by atoms with Crippen LogP contribution in [0.15, 0.2) is 0 Å². The molecule has 1 rings (SSSR count). The van der Waals surface area contributed by atoms with Gasteiger partial charge in [-0.25, -0.2) is 0 Å². The predicted octanol–water partition coefficient (Wildman–Crippen LogP) is 6.74. The van der Waals surface area contributed by atoms with E-state index in [1.807, 2.05) is 0 Å². The summed E-state index contributed by atoms with van der Waals surface area (Å²) in [6, 6.07) is 0. The highest BCUT2D eigenvalue weighted by Crippen LogP contribution is 2.40. The Morgan fingerprint density at radius 2 is 1.46 bits per heavy atom. The number of rotatable bonds is 18. The topological polar surface area (TPSA) is 31.0 Å². The van der Waals surface area contributed by atoms with Crippen LogP contribution in [0, 0.1) is 11.8 Å². The molecule has 0 aromatic rings. The monoisotopic (exact) mass is 370 g/mol. The van der Waals surface area contributed by atoms with E-state index >= 15 is 0 Å². The normalized spacial score (nSPS) is 19.5. The van der Waals surface area contributed by atoms with Crippen LogP contribution < -0.4 is 0 Å². The van der Waals surface area contributed by atoms with Gasteiger partial charge in [0.05, 0.1) is 12.7 Å². The Labute approximate surface area is 163 Å². The molecule has 0 aliphatic carbocycles. The molecule has 0 radical (unpaired) electrons. The van der Waals surface area contributed by atoms with E-state index in [-0.39, 0.29) is 0 Å². The molecule has 0 saturated carbocycles. The fourth-order valence-electron chi connectivity index (χ4n) is 4.14. The fraction of sp³-hybridized carbons (Fsp3) is 1.00. The largest absolute Gasteiger partial charge is 0.373 e. The van der Waals surface area contributed by atoms with E-state index < -0.39 is 5.79 Å². The van der Waals surface area contributed by atoms with E-state index in [0.717, 1.165) is 32.7 Å². The molecule has 1 aliphatic rings. The lowest BCUT2D eigenvalue weighted by Gasteiger charge is -2.42. The number of hydrogen-bond acceptors (Lipinski definition) is 3. The summed E-state index contributed by atoms with van der Waals surface area (Å²) in [7, 11) is 0. The summed E-state index contributed by atoms with van der Waals surface area (Å²) < 4.78 is 18.3. The molecule has 1 heterocycles. The van der Waals surface area contributed by atoms with E-state index in [1.165, 1.54) is 57.8 Å². The van der Waals surface area contributed by atoms with Crippen molar-refractivity contribution < 1.29 is 14.2 Å². The molecule has 1 saturated heterocycles. The van der Waals surface area contributed by atoms with Crippen molar-refractivity contribution in [3.05, 3.63) is 0 Å². The van der Waals surface area contributed by atoms with Crippen molar-refractivity contribution in [2.24, 2.45) is 11.8 Å². The van der Waals surface area contributed by atoms with Crippen LogP contribution in [-0.4, -0.2) is 31.7 Å².